The summed E-state index contributed by atoms with van der Waals surface area (Å²) in [7, 11) is 0. The van der Waals surface area contributed by atoms with Gasteiger partial charge < -0.3 is 15.4 Å². The van der Waals surface area contributed by atoms with Gasteiger partial charge in [0, 0.05) is 13.2 Å². The van der Waals surface area contributed by atoms with Gasteiger partial charge >= 0.3 is 0 Å². The van der Waals surface area contributed by atoms with Gasteiger partial charge in [-0.3, -0.25) is 4.79 Å². The number of rotatable bonds is 5. The van der Waals surface area contributed by atoms with Gasteiger partial charge in [-0.05, 0) is 25.0 Å². The van der Waals surface area contributed by atoms with Gasteiger partial charge in [0.1, 0.15) is 0 Å². The number of anilines is 1. The normalized spacial score (nSPS) is 17.6. The molecule has 1 saturated heterocycles. The highest BCUT2D eigenvalue weighted by molar-refractivity contribution is 7.22. The minimum Gasteiger partial charge on any atom is -0.377 e. The van der Waals surface area contributed by atoms with Crippen LogP contribution in [-0.2, 0) is 9.53 Å². The fraction of sp³-hybridized carbons (Fsp3) is 0.429. The number of carbonyl (C=O) groups excluding carboxylic acids is 1. The molecule has 5 nitrogen and oxygen atoms in total. The third-order valence-corrected chi connectivity index (χ3v) is 4.17. The molecule has 2 aromatic rings. The highest BCUT2D eigenvalue weighted by atomic mass is 35.5. The van der Waals surface area contributed by atoms with Crippen LogP contribution in [0.1, 0.15) is 12.8 Å². The van der Waals surface area contributed by atoms with Crippen LogP contribution < -0.4 is 10.6 Å². The SMILES string of the molecule is Cl.O=C(CNCC1CCCO1)Nc1nc2ccccc2s1. The molecule has 7 heteroatoms. The Morgan fingerprint density at radius 2 is 2.29 bits per heavy atom. The lowest BCUT2D eigenvalue weighted by molar-refractivity contribution is -0.115. The lowest BCUT2D eigenvalue weighted by atomic mass is 10.2. The lowest BCUT2D eigenvalue weighted by Crippen LogP contribution is -2.33. The number of aromatic nitrogens is 1. The minimum atomic E-state index is -0.0675. The highest BCUT2D eigenvalue weighted by Gasteiger charge is 2.15. The van der Waals surface area contributed by atoms with E-state index in [1.807, 2.05) is 24.3 Å². The number of hydrogen-bond donors (Lipinski definition) is 2. The number of carbonyl (C=O) groups is 1. The average molecular weight is 328 g/mol. The van der Waals surface area contributed by atoms with Crippen LogP contribution in [0.4, 0.5) is 5.13 Å². The Morgan fingerprint density at radius 3 is 3.05 bits per heavy atom. The number of para-hydroxylation sites is 1. The van der Waals surface area contributed by atoms with Crippen molar-refractivity contribution in [2.24, 2.45) is 0 Å². The summed E-state index contributed by atoms with van der Waals surface area (Å²) in [6, 6.07) is 7.85. The fourth-order valence-electron chi connectivity index (χ4n) is 2.24. The zero-order chi connectivity index (χ0) is 13.8. The van der Waals surface area contributed by atoms with E-state index in [9.17, 15) is 4.79 Å². The maximum atomic E-state index is 11.8. The molecule has 1 aliphatic rings. The van der Waals surface area contributed by atoms with Crippen molar-refractivity contribution in [2.75, 3.05) is 25.0 Å². The van der Waals surface area contributed by atoms with Crippen LogP contribution in [0.3, 0.4) is 0 Å². The molecule has 1 aromatic carbocycles. The monoisotopic (exact) mass is 327 g/mol. The summed E-state index contributed by atoms with van der Waals surface area (Å²) in [4.78, 5) is 16.2. The molecule has 1 aromatic heterocycles. The predicted octanol–water partition coefficient (Wildman–Crippen LogP) is 2.43. The van der Waals surface area contributed by atoms with Crippen LogP contribution in [0.25, 0.3) is 10.2 Å². The molecule has 3 rings (SSSR count). The molecule has 21 heavy (non-hydrogen) atoms. The molecule has 0 radical (unpaired) electrons. The maximum Gasteiger partial charge on any atom is 0.240 e. The van der Waals surface area contributed by atoms with E-state index in [1.54, 1.807) is 0 Å². The van der Waals surface area contributed by atoms with Crippen molar-refractivity contribution in [3.8, 4) is 0 Å². The molecule has 0 saturated carbocycles. The van der Waals surface area contributed by atoms with Crippen molar-refractivity contribution >= 4 is 45.0 Å². The Hall–Kier alpha value is -1.21. The molecule has 1 atom stereocenters. The van der Waals surface area contributed by atoms with Gasteiger partial charge in [-0.2, -0.15) is 0 Å². The fourth-order valence-corrected chi connectivity index (χ4v) is 3.12. The van der Waals surface area contributed by atoms with E-state index in [0.29, 0.717) is 5.13 Å². The summed E-state index contributed by atoms with van der Waals surface area (Å²) in [6.45, 7) is 1.85. The number of thiazole rings is 1. The summed E-state index contributed by atoms with van der Waals surface area (Å²) in [5.74, 6) is -0.0675. The quantitative estimate of drug-likeness (QED) is 0.885. The van der Waals surface area contributed by atoms with Crippen molar-refractivity contribution < 1.29 is 9.53 Å². The first-order valence-electron chi connectivity index (χ1n) is 6.79. The molecule has 0 bridgehead atoms. The van der Waals surface area contributed by atoms with E-state index < -0.39 is 0 Å². The zero-order valence-corrected chi connectivity index (χ0v) is 13.1. The molecule has 2 heterocycles. The number of fused-ring (bicyclic) bond motifs is 1. The van der Waals surface area contributed by atoms with Crippen LogP contribution in [0.2, 0.25) is 0 Å². The standard InChI is InChI=1S/C14H17N3O2S.ClH/c18-13(9-15-8-10-4-3-7-19-10)17-14-16-11-5-1-2-6-12(11)20-14;/h1-2,5-6,10,15H,3-4,7-9H2,(H,16,17,18);1H. The van der Waals surface area contributed by atoms with Crippen LogP contribution in [0.15, 0.2) is 24.3 Å². The van der Waals surface area contributed by atoms with Crippen LogP contribution >= 0.6 is 23.7 Å². The number of nitrogens with one attached hydrogen (secondary N) is 2. The van der Waals surface area contributed by atoms with E-state index in [1.165, 1.54) is 11.3 Å². The smallest absolute Gasteiger partial charge is 0.240 e. The second-order valence-corrected chi connectivity index (χ2v) is 5.83. The molecule has 1 amide bonds. The van der Waals surface area contributed by atoms with E-state index >= 15 is 0 Å². The van der Waals surface area contributed by atoms with E-state index in [0.717, 1.165) is 36.2 Å². The average Bonchev–Trinajstić information content (AvgIpc) is 3.06. The predicted molar refractivity (Wildman–Crippen MR) is 87.3 cm³/mol. The van der Waals surface area contributed by atoms with Crippen molar-refractivity contribution in [1.82, 2.24) is 10.3 Å². The molecule has 0 spiro atoms. The van der Waals surface area contributed by atoms with Gasteiger partial charge in [0.2, 0.25) is 5.91 Å². The number of hydrogen-bond acceptors (Lipinski definition) is 5. The summed E-state index contributed by atoms with van der Waals surface area (Å²) >= 11 is 1.49. The summed E-state index contributed by atoms with van der Waals surface area (Å²) in [6.07, 6.45) is 2.45. The molecule has 114 valence electrons. The number of ether oxygens (including phenoxy) is 1. The van der Waals surface area contributed by atoms with Gasteiger partial charge in [0.15, 0.2) is 5.13 Å². The molecular weight excluding hydrogens is 310 g/mol. The zero-order valence-electron chi connectivity index (χ0n) is 11.5. The Morgan fingerprint density at radius 1 is 1.43 bits per heavy atom. The van der Waals surface area contributed by atoms with Gasteiger partial charge in [0.05, 0.1) is 22.9 Å². The number of halogens is 1. The number of benzene rings is 1. The number of nitrogens with zero attached hydrogens (tertiary/aromatic N) is 1. The van der Waals surface area contributed by atoms with Gasteiger partial charge in [-0.25, -0.2) is 4.98 Å². The molecule has 2 N–H and O–H groups in total. The summed E-state index contributed by atoms with van der Waals surface area (Å²) < 4.78 is 6.57. The van der Waals surface area contributed by atoms with Crippen molar-refractivity contribution in [3.63, 3.8) is 0 Å². The van der Waals surface area contributed by atoms with Crippen molar-refractivity contribution in [2.45, 2.75) is 18.9 Å². The first-order chi connectivity index (χ1) is 9.81. The molecule has 1 fully saturated rings. The van der Waals surface area contributed by atoms with Gasteiger partial charge in [-0.15, -0.1) is 12.4 Å². The largest absolute Gasteiger partial charge is 0.377 e. The lowest BCUT2D eigenvalue weighted by Gasteiger charge is -2.09. The van der Waals surface area contributed by atoms with Crippen LogP contribution in [-0.4, -0.2) is 36.7 Å². The van der Waals surface area contributed by atoms with E-state index in [2.05, 4.69) is 15.6 Å². The van der Waals surface area contributed by atoms with E-state index in [-0.39, 0.29) is 31.0 Å². The van der Waals surface area contributed by atoms with Crippen molar-refractivity contribution in [3.05, 3.63) is 24.3 Å². The summed E-state index contributed by atoms with van der Waals surface area (Å²) in [5, 5.41) is 6.59. The van der Waals surface area contributed by atoms with Crippen LogP contribution in [0, 0.1) is 0 Å². The maximum absolute atomic E-state index is 11.8. The third kappa shape index (κ3) is 4.38. The molecular formula is C14H18ClN3O2S. The topological polar surface area (TPSA) is 63.2 Å². The van der Waals surface area contributed by atoms with Crippen molar-refractivity contribution in [1.29, 1.82) is 0 Å². The first kappa shape index (κ1) is 16.2. The van der Waals surface area contributed by atoms with Gasteiger partial charge in [0.25, 0.3) is 0 Å². The second kappa shape index (κ2) is 7.70. The molecule has 1 unspecified atom stereocenters. The third-order valence-electron chi connectivity index (χ3n) is 3.22. The first-order valence-corrected chi connectivity index (χ1v) is 7.60. The minimum absolute atomic E-state index is 0. The number of amides is 1. The second-order valence-electron chi connectivity index (χ2n) is 4.80. The Balaban J connectivity index is 0.00000161. The Kier molecular flexibility index (Phi) is 5.93. The van der Waals surface area contributed by atoms with Crippen LogP contribution in [0.5, 0.6) is 0 Å². The highest BCUT2D eigenvalue weighted by Crippen LogP contribution is 2.25. The molecule has 0 aliphatic carbocycles. The Labute approximate surface area is 133 Å². The molecule has 1 aliphatic heterocycles. The van der Waals surface area contributed by atoms with Gasteiger partial charge in [-0.1, -0.05) is 23.5 Å². The Bertz CT molecular complexity index is 566. The van der Waals surface area contributed by atoms with E-state index in [4.69, 9.17) is 4.74 Å². The summed E-state index contributed by atoms with van der Waals surface area (Å²) in [5.41, 5.74) is 0.917.